The second-order valence-corrected chi connectivity index (χ2v) is 9.44. The van der Waals surface area contributed by atoms with Gasteiger partial charge in [-0.25, -0.2) is 4.99 Å². The molecule has 0 atom stereocenters. The van der Waals surface area contributed by atoms with Crippen molar-refractivity contribution in [3.63, 3.8) is 0 Å². The number of hydrogen-bond acceptors (Lipinski definition) is 6. The van der Waals surface area contributed by atoms with Gasteiger partial charge in [0.05, 0.1) is 23.4 Å². The maximum absolute atomic E-state index is 13.5. The van der Waals surface area contributed by atoms with Crippen LogP contribution >= 0.6 is 11.8 Å². The minimum Gasteiger partial charge on any atom is -0.493 e. The van der Waals surface area contributed by atoms with Crippen LogP contribution < -0.4 is 19.7 Å². The molecule has 0 unspecified atom stereocenters. The van der Waals surface area contributed by atoms with Gasteiger partial charge in [-0.2, -0.15) is 0 Å². The molecular formula is C31H25N3O4S. The van der Waals surface area contributed by atoms with Crippen molar-refractivity contribution < 1.29 is 19.1 Å². The van der Waals surface area contributed by atoms with Gasteiger partial charge < -0.3 is 14.8 Å². The van der Waals surface area contributed by atoms with Gasteiger partial charge in [-0.3, -0.25) is 14.5 Å². The van der Waals surface area contributed by atoms with Crippen LogP contribution in [0.3, 0.4) is 0 Å². The number of carbonyl (C=O) groups excluding carboxylic acids is 2. The van der Waals surface area contributed by atoms with Crippen LogP contribution in [0, 0.1) is 0 Å². The third-order valence-electron chi connectivity index (χ3n) is 5.70. The number of methoxy groups -OCH3 is 1. The first-order valence-corrected chi connectivity index (χ1v) is 13.0. The minimum absolute atomic E-state index is 0.169. The molecule has 0 aliphatic carbocycles. The molecule has 1 fully saturated rings. The number of carbonyl (C=O) groups is 2. The predicted molar refractivity (Wildman–Crippen MR) is 157 cm³/mol. The zero-order valence-corrected chi connectivity index (χ0v) is 21.9. The van der Waals surface area contributed by atoms with Crippen molar-refractivity contribution >= 4 is 51.9 Å². The third-order valence-corrected chi connectivity index (χ3v) is 6.67. The Morgan fingerprint density at radius 3 is 2.26 bits per heavy atom. The second kappa shape index (κ2) is 12.1. The maximum atomic E-state index is 13.5. The molecule has 0 radical (unpaired) electrons. The molecule has 5 rings (SSSR count). The summed E-state index contributed by atoms with van der Waals surface area (Å²) < 4.78 is 11.2. The zero-order valence-electron chi connectivity index (χ0n) is 21.1. The van der Waals surface area contributed by atoms with Crippen LogP contribution in [0.4, 0.5) is 17.1 Å². The number of thioether (sulfide) groups is 1. The lowest BCUT2D eigenvalue weighted by Gasteiger charge is -2.15. The Balaban J connectivity index is 1.36. The summed E-state index contributed by atoms with van der Waals surface area (Å²) in [4.78, 5) is 32.7. The molecule has 1 saturated heterocycles. The standard InChI is InChI=1S/C31H25N3O4S/c1-37-27-19-22(17-18-26(27)38-21-29(35)32-23-11-5-2-6-12-23)20-28-30(36)34(25-15-9-4-10-16-25)31(39-28)33-24-13-7-3-8-14-24/h2-20H,21H2,1H3,(H,32,35)/b28-20+,33-31?. The Bertz CT molecular complexity index is 1520. The monoisotopic (exact) mass is 535 g/mol. The smallest absolute Gasteiger partial charge is 0.271 e. The molecule has 0 aromatic heterocycles. The van der Waals surface area contributed by atoms with Gasteiger partial charge in [0.1, 0.15) is 0 Å². The summed E-state index contributed by atoms with van der Waals surface area (Å²) in [6.07, 6.45) is 1.80. The van der Waals surface area contributed by atoms with E-state index in [0.29, 0.717) is 27.3 Å². The van der Waals surface area contributed by atoms with Gasteiger partial charge in [0.2, 0.25) is 0 Å². The van der Waals surface area contributed by atoms with Crippen molar-refractivity contribution in [3.05, 3.63) is 120 Å². The number of aliphatic imine (C=N–C) groups is 1. The molecule has 7 nitrogen and oxygen atoms in total. The normalized spacial score (nSPS) is 15.0. The van der Waals surface area contributed by atoms with Crippen LogP contribution in [0.5, 0.6) is 11.5 Å². The number of para-hydroxylation sites is 3. The number of benzene rings is 4. The second-order valence-electron chi connectivity index (χ2n) is 8.43. The number of rotatable bonds is 8. The van der Waals surface area contributed by atoms with Crippen LogP contribution in [0.1, 0.15) is 5.56 Å². The third kappa shape index (κ3) is 6.37. The van der Waals surface area contributed by atoms with Crippen LogP contribution in [0.25, 0.3) is 6.08 Å². The highest BCUT2D eigenvalue weighted by atomic mass is 32.2. The number of nitrogens with one attached hydrogen (secondary N) is 1. The van der Waals surface area contributed by atoms with E-state index in [9.17, 15) is 9.59 Å². The Kier molecular flexibility index (Phi) is 8.04. The lowest BCUT2D eigenvalue weighted by atomic mass is 10.2. The summed E-state index contributed by atoms with van der Waals surface area (Å²) in [7, 11) is 1.53. The van der Waals surface area contributed by atoms with Gasteiger partial charge in [0.15, 0.2) is 23.3 Å². The molecule has 194 valence electrons. The SMILES string of the molecule is COc1cc(/C=C2/SC(=Nc3ccccc3)N(c3ccccc3)C2=O)ccc1OCC(=O)Nc1ccccc1. The highest BCUT2D eigenvalue weighted by molar-refractivity contribution is 8.19. The van der Waals surface area contributed by atoms with E-state index in [0.717, 1.165) is 16.9 Å². The number of amidine groups is 1. The quantitative estimate of drug-likeness (QED) is 0.260. The number of anilines is 2. The fourth-order valence-corrected chi connectivity index (χ4v) is 4.87. The molecule has 2 amide bonds. The molecule has 4 aromatic carbocycles. The summed E-state index contributed by atoms with van der Waals surface area (Å²) in [5.74, 6) is 0.419. The van der Waals surface area contributed by atoms with Crippen LogP contribution in [0.15, 0.2) is 119 Å². The number of hydrogen-bond donors (Lipinski definition) is 1. The van der Waals surface area contributed by atoms with Crippen molar-refractivity contribution in [1.29, 1.82) is 0 Å². The van der Waals surface area contributed by atoms with Crippen molar-refractivity contribution in [3.8, 4) is 11.5 Å². The Morgan fingerprint density at radius 1 is 0.897 bits per heavy atom. The van der Waals surface area contributed by atoms with E-state index in [2.05, 4.69) is 5.32 Å². The summed E-state index contributed by atoms with van der Waals surface area (Å²) >= 11 is 1.31. The van der Waals surface area contributed by atoms with Gasteiger partial charge in [-0.15, -0.1) is 0 Å². The molecular weight excluding hydrogens is 510 g/mol. The molecule has 39 heavy (non-hydrogen) atoms. The fourth-order valence-electron chi connectivity index (χ4n) is 3.87. The summed E-state index contributed by atoms with van der Waals surface area (Å²) in [6.45, 7) is -0.175. The molecule has 1 heterocycles. The van der Waals surface area contributed by atoms with Gasteiger partial charge in [0.25, 0.3) is 11.8 Å². The molecule has 0 bridgehead atoms. The molecule has 1 N–H and O–H groups in total. The predicted octanol–water partition coefficient (Wildman–Crippen LogP) is 6.52. The van der Waals surface area contributed by atoms with E-state index < -0.39 is 0 Å². The fraction of sp³-hybridized carbons (Fsp3) is 0.0645. The van der Waals surface area contributed by atoms with Crippen LogP contribution in [0.2, 0.25) is 0 Å². The largest absolute Gasteiger partial charge is 0.493 e. The van der Waals surface area contributed by atoms with Gasteiger partial charge in [-0.05, 0) is 71.9 Å². The lowest BCUT2D eigenvalue weighted by molar-refractivity contribution is -0.118. The van der Waals surface area contributed by atoms with Crippen LogP contribution in [-0.4, -0.2) is 30.7 Å². The van der Waals surface area contributed by atoms with E-state index in [1.165, 1.54) is 18.9 Å². The number of ether oxygens (including phenoxy) is 2. The van der Waals surface area contributed by atoms with E-state index >= 15 is 0 Å². The van der Waals surface area contributed by atoms with Crippen molar-refractivity contribution in [2.75, 3.05) is 23.9 Å². The van der Waals surface area contributed by atoms with E-state index in [4.69, 9.17) is 14.5 Å². The average molecular weight is 536 g/mol. The first kappa shape index (κ1) is 25.8. The number of nitrogens with zero attached hydrogens (tertiary/aromatic N) is 2. The average Bonchev–Trinajstić information content (AvgIpc) is 3.27. The van der Waals surface area contributed by atoms with Crippen molar-refractivity contribution in [2.45, 2.75) is 0 Å². The maximum Gasteiger partial charge on any atom is 0.271 e. The highest BCUT2D eigenvalue weighted by Crippen LogP contribution is 2.38. The summed E-state index contributed by atoms with van der Waals surface area (Å²) in [6, 6.07) is 33.4. The topological polar surface area (TPSA) is 80.2 Å². The zero-order chi connectivity index (χ0) is 27.0. The molecule has 4 aromatic rings. The molecule has 0 saturated carbocycles. The van der Waals surface area contributed by atoms with E-state index in [-0.39, 0.29) is 18.4 Å². The van der Waals surface area contributed by atoms with Crippen molar-refractivity contribution in [2.24, 2.45) is 4.99 Å². The van der Waals surface area contributed by atoms with Gasteiger partial charge in [-0.1, -0.05) is 60.7 Å². The number of amides is 2. The van der Waals surface area contributed by atoms with Crippen molar-refractivity contribution in [1.82, 2.24) is 0 Å². The molecule has 0 spiro atoms. The Morgan fingerprint density at radius 2 is 1.56 bits per heavy atom. The summed E-state index contributed by atoms with van der Waals surface area (Å²) in [5, 5.41) is 3.35. The van der Waals surface area contributed by atoms with E-state index in [1.54, 1.807) is 35.2 Å². The lowest BCUT2D eigenvalue weighted by Crippen LogP contribution is -2.28. The highest BCUT2D eigenvalue weighted by Gasteiger charge is 2.34. The van der Waals surface area contributed by atoms with Crippen LogP contribution in [-0.2, 0) is 9.59 Å². The molecule has 8 heteroatoms. The Hall–Kier alpha value is -4.82. The first-order chi connectivity index (χ1) is 19.1. The molecule has 1 aliphatic heterocycles. The molecule has 1 aliphatic rings. The van der Waals surface area contributed by atoms with Gasteiger partial charge in [0, 0.05) is 5.69 Å². The van der Waals surface area contributed by atoms with E-state index in [1.807, 2.05) is 84.9 Å². The van der Waals surface area contributed by atoms with Gasteiger partial charge >= 0.3 is 0 Å². The Labute approximate surface area is 230 Å². The first-order valence-electron chi connectivity index (χ1n) is 12.2. The minimum atomic E-state index is -0.284. The summed E-state index contributed by atoms with van der Waals surface area (Å²) in [5.41, 5.74) is 2.94.